The van der Waals surface area contributed by atoms with Crippen molar-refractivity contribution in [2.45, 2.75) is 13.8 Å². The number of carboxylic acid groups (broad SMARTS) is 1. The Labute approximate surface area is 151 Å². The number of furan rings is 1. The summed E-state index contributed by atoms with van der Waals surface area (Å²) in [6, 6.07) is 11.4. The number of hydrogen-bond acceptors (Lipinski definition) is 4. The number of rotatable bonds is 5. The van der Waals surface area contributed by atoms with E-state index in [1.54, 1.807) is 33.3 Å². The lowest BCUT2D eigenvalue weighted by molar-refractivity contribution is -0.132. The third-order valence-electron chi connectivity index (χ3n) is 4.24. The van der Waals surface area contributed by atoms with E-state index in [4.69, 9.17) is 19.0 Å². The Balaban J connectivity index is 2.13. The number of fused-ring (bicyclic) bond motifs is 1. The van der Waals surface area contributed by atoms with E-state index >= 15 is 0 Å². The Morgan fingerprint density at radius 2 is 1.88 bits per heavy atom. The Bertz CT molecular complexity index is 1010. The highest BCUT2D eigenvalue weighted by Gasteiger charge is 2.14. The molecule has 0 saturated carbocycles. The molecule has 0 atom stereocenters. The SMILES string of the molecule is COc1ccc(-c2cc3cc(/C=C(\C)C(=O)O)cc(OC)c3o2)c(C)c1. The molecule has 134 valence electrons. The fourth-order valence-electron chi connectivity index (χ4n) is 2.86. The maximum Gasteiger partial charge on any atom is 0.331 e. The summed E-state index contributed by atoms with van der Waals surface area (Å²) in [5.41, 5.74) is 3.61. The maximum atomic E-state index is 11.1. The van der Waals surface area contributed by atoms with Gasteiger partial charge in [0.25, 0.3) is 0 Å². The van der Waals surface area contributed by atoms with Crippen molar-refractivity contribution in [1.29, 1.82) is 0 Å². The number of ether oxygens (including phenoxy) is 2. The lowest BCUT2D eigenvalue weighted by Crippen LogP contribution is -1.95. The van der Waals surface area contributed by atoms with E-state index < -0.39 is 5.97 Å². The Morgan fingerprint density at radius 1 is 1.12 bits per heavy atom. The van der Waals surface area contributed by atoms with Crippen LogP contribution in [0.5, 0.6) is 11.5 Å². The van der Waals surface area contributed by atoms with Gasteiger partial charge in [0.1, 0.15) is 11.5 Å². The molecule has 0 bridgehead atoms. The first-order valence-electron chi connectivity index (χ1n) is 8.11. The first kappa shape index (κ1) is 17.6. The average molecular weight is 352 g/mol. The molecule has 2 aromatic carbocycles. The van der Waals surface area contributed by atoms with Gasteiger partial charge in [-0.15, -0.1) is 0 Å². The van der Waals surface area contributed by atoms with E-state index in [1.807, 2.05) is 37.3 Å². The van der Waals surface area contributed by atoms with Gasteiger partial charge in [0, 0.05) is 16.5 Å². The van der Waals surface area contributed by atoms with Crippen molar-refractivity contribution < 1.29 is 23.8 Å². The predicted octanol–water partition coefficient (Wildman–Crippen LogP) is 4.91. The number of carboxylic acids is 1. The molecule has 0 spiro atoms. The van der Waals surface area contributed by atoms with Gasteiger partial charge in [0.15, 0.2) is 11.3 Å². The highest BCUT2D eigenvalue weighted by Crippen LogP contribution is 2.36. The average Bonchev–Trinajstić information content (AvgIpc) is 3.04. The number of carbonyl (C=O) groups is 1. The summed E-state index contributed by atoms with van der Waals surface area (Å²) in [7, 11) is 3.20. The smallest absolute Gasteiger partial charge is 0.331 e. The zero-order valence-electron chi connectivity index (χ0n) is 15.1. The van der Waals surface area contributed by atoms with Crippen LogP contribution in [0.2, 0.25) is 0 Å². The third-order valence-corrected chi connectivity index (χ3v) is 4.24. The van der Waals surface area contributed by atoms with Crippen molar-refractivity contribution in [3.8, 4) is 22.8 Å². The molecule has 0 aliphatic carbocycles. The lowest BCUT2D eigenvalue weighted by Gasteiger charge is -2.05. The molecule has 1 N–H and O–H groups in total. The van der Waals surface area contributed by atoms with Crippen LogP contribution in [0, 0.1) is 6.92 Å². The van der Waals surface area contributed by atoms with Crippen LogP contribution in [-0.4, -0.2) is 25.3 Å². The van der Waals surface area contributed by atoms with Gasteiger partial charge >= 0.3 is 5.97 Å². The van der Waals surface area contributed by atoms with Crippen LogP contribution < -0.4 is 9.47 Å². The second-order valence-corrected chi connectivity index (χ2v) is 6.07. The molecule has 0 saturated heterocycles. The molecular weight excluding hydrogens is 332 g/mol. The van der Waals surface area contributed by atoms with Crippen molar-refractivity contribution in [3.63, 3.8) is 0 Å². The second kappa shape index (κ2) is 6.96. The summed E-state index contributed by atoms with van der Waals surface area (Å²) in [6.07, 6.45) is 1.61. The van der Waals surface area contributed by atoms with Gasteiger partial charge in [0.05, 0.1) is 14.2 Å². The van der Waals surface area contributed by atoms with Gasteiger partial charge in [-0.25, -0.2) is 4.79 Å². The molecule has 1 aromatic heterocycles. The number of hydrogen-bond donors (Lipinski definition) is 1. The minimum Gasteiger partial charge on any atom is -0.497 e. The predicted molar refractivity (Wildman–Crippen MR) is 101 cm³/mol. The highest BCUT2D eigenvalue weighted by molar-refractivity contribution is 5.94. The van der Waals surface area contributed by atoms with Crippen LogP contribution >= 0.6 is 0 Å². The van der Waals surface area contributed by atoms with Crippen LogP contribution in [0.1, 0.15) is 18.1 Å². The standard InChI is InChI=1S/C21H20O5/c1-12-8-16(24-3)5-6-17(12)18-11-15-9-14(7-13(2)21(22)23)10-19(25-4)20(15)26-18/h5-11H,1-4H3,(H,22,23)/b13-7+. The molecule has 0 fully saturated rings. The molecule has 0 unspecified atom stereocenters. The van der Waals surface area contributed by atoms with E-state index in [0.717, 1.165) is 33.6 Å². The monoisotopic (exact) mass is 352 g/mol. The number of aryl methyl sites for hydroxylation is 1. The van der Waals surface area contributed by atoms with Crippen molar-refractivity contribution >= 4 is 23.0 Å². The van der Waals surface area contributed by atoms with Gasteiger partial charge in [-0.3, -0.25) is 0 Å². The summed E-state index contributed by atoms with van der Waals surface area (Å²) < 4.78 is 16.7. The normalized spacial score (nSPS) is 11.6. The summed E-state index contributed by atoms with van der Waals surface area (Å²) in [5, 5.41) is 9.93. The van der Waals surface area contributed by atoms with Gasteiger partial charge in [0.2, 0.25) is 0 Å². The summed E-state index contributed by atoms with van der Waals surface area (Å²) in [6.45, 7) is 3.55. The fourth-order valence-corrected chi connectivity index (χ4v) is 2.86. The summed E-state index contributed by atoms with van der Waals surface area (Å²) in [4.78, 5) is 11.1. The molecule has 5 heteroatoms. The molecule has 26 heavy (non-hydrogen) atoms. The molecule has 0 aliphatic heterocycles. The Morgan fingerprint density at radius 3 is 2.50 bits per heavy atom. The van der Waals surface area contributed by atoms with Crippen LogP contribution in [0.4, 0.5) is 0 Å². The quantitative estimate of drug-likeness (QED) is 0.661. The van der Waals surface area contributed by atoms with Gasteiger partial charge in [-0.1, -0.05) is 0 Å². The zero-order valence-corrected chi connectivity index (χ0v) is 15.1. The van der Waals surface area contributed by atoms with Crippen molar-refractivity contribution in [2.75, 3.05) is 14.2 Å². The molecular formula is C21H20O5. The Kier molecular flexibility index (Phi) is 4.71. The molecule has 3 aromatic rings. The molecule has 0 radical (unpaired) electrons. The number of aliphatic carboxylic acids is 1. The molecule has 1 heterocycles. The van der Waals surface area contributed by atoms with Crippen molar-refractivity contribution in [1.82, 2.24) is 0 Å². The minimum absolute atomic E-state index is 0.251. The minimum atomic E-state index is -0.953. The molecule has 3 rings (SSSR count). The third kappa shape index (κ3) is 3.28. The fraction of sp³-hybridized carbons (Fsp3) is 0.190. The van der Waals surface area contributed by atoms with Crippen molar-refractivity contribution in [2.24, 2.45) is 0 Å². The van der Waals surface area contributed by atoms with E-state index in [2.05, 4.69) is 0 Å². The summed E-state index contributed by atoms with van der Waals surface area (Å²) >= 11 is 0. The van der Waals surface area contributed by atoms with Crippen LogP contribution in [0.25, 0.3) is 28.4 Å². The van der Waals surface area contributed by atoms with Crippen LogP contribution in [0.3, 0.4) is 0 Å². The summed E-state index contributed by atoms with van der Waals surface area (Å²) in [5.74, 6) is 1.11. The van der Waals surface area contributed by atoms with E-state index in [-0.39, 0.29) is 5.57 Å². The lowest BCUT2D eigenvalue weighted by atomic mass is 10.0. The molecule has 5 nitrogen and oxygen atoms in total. The van der Waals surface area contributed by atoms with E-state index in [1.165, 1.54) is 0 Å². The first-order chi connectivity index (χ1) is 12.4. The molecule has 0 aliphatic rings. The zero-order chi connectivity index (χ0) is 18.8. The highest BCUT2D eigenvalue weighted by atomic mass is 16.5. The van der Waals surface area contributed by atoms with Gasteiger partial charge < -0.3 is 19.0 Å². The van der Waals surface area contributed by atoms with Gasteiger partial charge in [-0.05, 0) is 67.4 Å². The maximum absolute atomic E-state index is 11.1. The van der Waals surface area contributed by atoms with E-state index in [9.17, 15) is 4.79 Å². The number of methoxy groups -OCH3 is 2. The topological polar surface area (TPSA) is 68.9 Å². The van der Waals surface area contributed by atoms with Crippen molar-refractivity contribution in [3.05, 3.63) is 53.1 Å². The van der Waals surface area contributed by atoms with E-state index in [0.29, 0.717) is 11.3 Å². The molecule has 0 amide bonds. The number of benzene rings is 2. The van der Waals surface area contributed by atoms with Crippen LogP contribution in [0.15, 0.2) is 46.4 Å². The Hall–Kier alpha value is -3.21. The first-order valence-corrected chi connectivity index (χ1v) is 8.11. The van der Waals surface area contributed by atoms with Gasteiger partial charge in [-0.2, -0.15) is 0 Å². The van der Waals surface area contributed by atoms with Crippen LogP contribution in [-0.2, 0) is 4.79 Å². The largest absolute Gasteiger partial charge is 0.497 e. The second-order valence-electron chi connectivity index (χ2n) is 6.07.